The van der Waals surface area contributed by atoms with E-state index >= 15 is 0 Å². The lowest BCUT2D eigenvalue weighted by atomic mass is 9.95. The van der Waals surface area contributed by atoms with E-state index in [1.54, 1.807) is 0 Å². The van der Waals surface area contributed by atoms with E-state index in [2.05, 4.69) is 15.9 Å². The Morgan fingerprint density at radius 3 is 2.33 bits per heavy atom. The van der Waals surface area contributed by atoms with Gasteiger partial charge in [0.25, 0.3) is 0 Å². The Labute approximate surface area is 99.8 Å². The average Bonchev–Trinajstić information content (AvgIpc) is 2.27. The molecular formula is C9H18BrNO3S. The molecule has 0 aromatic rings. The predicted octanol–water partition coefficient (Wildman–Crippen LogP) is 1.30. The first kappa shape index (κ1) is 13.4. The van der Waals surface area contributed by atoms with E-state index in [4.69, 9.17) is 5.11 Å². The zero-order chi connectivity index (χ0) is 11.3. The van der Waals surface area contributed by atoms with Crippen LogP contribution in [0.25, 0.3) is 0 Å². The van der Waals surface area contributed by atoms with Crippen LogP contribution >= 0.6 is 15.9 Å². The summed E-state index contributed by atoms with van der Waals surface area (Å²) in [5.41, 5.74) is 0. The number of alkyl halides is 1. The van der Waals surface area contributed by atoms with Crippen molar-refractivity contribution in [3.63, 3.8) is 0 Å². The lowest BCUT2D eigenvalue weighted by Gasteiger charge is -2.32. The van der Waals surface area contributed by atoms with E-state index in [1.165, 1.54) is 10.7 Å². The molecule has 1 fully saturated rings. The maximum Gasteiger partial charge on any atom is 0.224 e. The van der Waals surface area contributed by atoms with Gasteiger partial charge >= 0.3 is 0 Å². The first-order valence-electron chi connectivity index (χ1n) is 5.28. The molecule has 1 rings (SSSR count). The first-order chi connectivity index (χ1) is 7.11. The van der Waals surface area contributed by atoms with Gasteiger partial charge in [-0.05, 0) is 12.8 Å². The molecule has 0 atom stereocenters. The molecule has 0 spiro atoms. The summed E-state index contributed by atoms with van der Waals surface area (Å²) in [4.78, 5) is 0. The third kappa shape index (κ3) is 3.69. The summed E-state index contributed by atoms with van der Waals surface area (Å²) in [6.07, 6.45) is 5.21. The monoisotopic (exact) mass is 299 g/mol. The van der Waals surface area contributed by atoms with Gasteiger partial charge in [0.05, 0.1) is 6.61 Å². The molecule has 1 saturated carbocycles. The molecule has 0 aromatic heterocycles. The molecule has 1 aliphatic carbocycles. The summed E-state index contributed by atoms with van der Waals surface area (Å²) in [6.45, 7) is 0.112. The van der Waals surface area contributed by atoms with Crippen LogP contribution in [0.5, 0.6) is 0 Å². The molecular weight excluding hydrogens is 282 g/mol. The Kier molecular flexibility index (Phi) is 5.52. The van der Waals surface area contributed by atoms with Crippen LogP contribution < -0.4 is 0 Å². The molecule has 0 unspecified atom stereocenters. The highest BCUT2D eigenvalue weighted by atomic mass is 79.9. The third-order valence-corrected chi connectivity index (χ3v) is 6.00. The van der Waals surface area contributed by atoms with Crippen molar-refractivity contribution in [2.45, 2.75) is 38.1 Å². The van der Waals surface area contributed by atoms with Crippen LogP contribution in [0.3, 0.4) is 0 Å². The summed E-state index contributed by atoms with van der Waals surface area (Å²) in [6, 6.07) is 0.0912. The number of rotatable bonds is 5. The van der Waals surface area contributed by atoms with Crippen molar-refractivity contribution in [1.82, 2.24) is 4.31 Å². The van der Waals surface area contributed by atoms with Crippen molar-refractivity contribution in [3.8, 4) is 0 Å². The van der Waals surface area contributed by atoms with Gasteiger partial charge in [-0.15, -0.1) is 0 Å². The average molecular weight is 300 g/mol. The van der Waals surface area contributed by atoms with Gasteiger partial charge in [-0.3, -0.25) is 0 Å². The van der Waals surface area contributed by atoms with Crippen LogP contribution in [-0.4, -0.2) is 41.7 Å². The lowest BCUT2D eigenvalue weighted by Crippen LogP contribution is -2.43. The lowest BCUT2D eigenvalue weighted by molar-refractivity contribution is 0.200. The van der Waals surface area contributed by atoms with Crippen LogP contribution in [0.2, 0.25) is 0 Å². The van der Waals surface area contributed by atoms with E-state index in [9.17, 15) is 8.42 Å². The van der Waals surface area contributed by atoms with E-state index in [-0.39, 0.29) is 23.9 Å². The van der Waals surface area contributed by atoms with E-state index < -0.39 is 10.0 Å². The van der Waals surface area contributed by atoms with Gasteiger partial charge in [-0.2, -0.15) is 4.31 Å². The van der Waals surface area contributed by atoms with Crippen LogP contribution in [0.1, 0.15) is 32.1 Å². The Morgan fingerprint density at radius 2 is 1.87 bits per heavy atom. The quantitative estimate of drug-likeness (QED) is 0.779. The van der Waals surface area contributed by atoms with Crippen LogP contribution in [0.4, 0.5) is 0 Å². The highest BCUT2D eigenvalue weighted by molar-refractivity contribution is 9.10. The zero-order valence-electron chi connectivity index (χ0n) is 8.73. The molecule has 1 N–H and O–H groups in total. The second kappa shape index (κ2) is 6.18. The highest BCUT2D eigenvalue weighted by Crippen LogP contribution is 2.25. The number of aliphatic hydroxyl groups excluding tert-OH is 1. The maximum absolute atomic E-state index is 11.8. The highest BCUT2D eigenvalue weighted by Gasteiger charge is 2.29. The molecule has 4 nitrogen and oxygen atoms in total. The minimum atomic E-state index is -3.23. The second-order valence-corrected chi connectivity index (χ2v) is 7.07. The number of halogens is 1. The molecule has 0 radical (unpaired) electrons. The summed E-state index contributed by atoms with van der Waals surface area (Å²) in [5, 5.41) is 8.90. The zero-order valence-corrected chi connectivity index (χ0v) is 11.1. The molecule has 0 heterocycles. The van der Waals surface area contributed by atoms with Crippen molar-refractivity contribution in [2.24, 2.45) is 0 Å². The predicted molar refractivity (Wildman–Crippen MR) is 63.4 cm³/mol. The number of nitrogens with zero attached hydrogens (tertiary/aromatic N) is 1. The first-order valence-corrected chi connectivity index (χ1v) is 8.01. The summed E-state index contributed by atoms with van der Waals surface area (Å²) in [5.74, 6) is 0. The maximum atomic E-state index is 11.8. The number of sulfonamides is 1. The van der Waals surface area contributed by atoms with Crippen molar-refractivity contribution in [3.05, 3.63) is 0 Å². The van der Waals surface area contributed by atoms with Gasteiger partial charge in [-0.1, -0.05) is 35.2 Å². The minimum absolute atomic E-state index is 0.0590. The number of aliphatic hydroxyl groups is 1. The Balaban J connectivity index is 2.72. The normalized spacial score (nSPS) is 19.7. The summed E-state index contributed by atoms with van der Waals surface area (Å²) < 4.78 is 24.9. The van der Waals surface area contributed by atoms with Crippen molar-refractivity contribution in [1.29, 1.82) is 0 Å². The fourth-order valence-corrected chi connectivity index (χ4v) is 4.02. The van der Waals surface area contributed by atoms with Crippen molar-refractivity contribution in [2.75, 3.05) is 17.8 Å². The van der Waals surface area contributed by atoms with Gasteiger partial charge in [0.1, 0.15) is 4.66 Å². The Morgan fingerprint density at radius 1 is 1.27 bits per heavy atom. The van der Waals surface area contributed by atoms with Gasteiger partial charge in [0.15, 0.2) is 0 Å². The largest absolute Gasteiger partial charge is 0.395 e. The minimum Gasteiger partial charge on any atom is -0.395 e. The van der Waals surface area contributed by atoms with Crippen molar-refractivity contribution >= 4 is 26.0 Å². The van der Waals surface area contributed by atoms with Crippen LogP contribution in [0.15, 0.2) is 0 Å². The van der Waals surface area contributed by atoms with Crippen LogP contribution in [-0.2, 0) is 10.0 Å². The molecule has 0 aliphatic heterocycles. The molecule has 0 saturated heterocycles. The number of hydrogen-bond donors (Lipinski definition) is 1. The van der Waals surface area contributed by atoms with Gasteiger partial charge < -0.3 is 5.11 Å². The fraction of sp³-hybridized carbons (Fsp3) is 1.00. The van der Waals surface area contributed by atoms with Crippen molar-refractivity contribution < 1.29 is 13.5 Å². The molecule has 0 amide bonds. The smallest absolute Gasteiger partial charge is 0.224 e. The molecule has 0 bridgehead atoms. The summed E-state index contributed by atoms with van der Waals surface area (Å²) >= 11 is 3.00. The van der Waals surface area contributed by atoms with Gasteiger partial charge in [-0.25, -0.2) is 8.42 Å². The third-order valence-electron chi connectivity index (χ3n) is 2.80. The SMILES string of the molecule is O=S(=O)(CBr)N(CCO)C1CCCCC1. The van der Waals surface area contributed by atoms with E-state index in [0.29, 0.717) is 0 Å². The van der Waals surface area contributed by atoms with Gasteiger partial charge in [0, 0.05) is 12.6 Å². The summed E-state index contributed by atoms with van der Waals surface area (Å²) in [7, 11) is -3.23. The molecule has 0 aromatic carbocycles. The molecule has 6 heteroatoms. The Hall–Kier alpha value is 0.350. The second-order valence-electron chi connectivity index (χ2n) is 3.85. The fourth-order valence-electron chi connectivity index (χ4n) is 2.08. The van der Waals surface area contributed by atoms with E-state index in [0.717, 1.165) is 25.7 Å². The molecule has 90 valence electrons. The van der Waals surface area contributed by atoms with Crippen LogP contribution in [0, 0.1) is 0 Å². The topological polar surface area (TPSA) is 57.6 Å². The standard InChI is InChI=1S/C9H18BrNO3S/c10-8-15(13,14)11(6-7-12)9-4-2-1-3-5-9/h9,12H,1-8H2. The van der Waals surface area contributed by atoms with Gasteiger partial charge in [0.2, 0.25) is 10.0 Å². The Bertz CT molecular complexity index is 275. The van der Waals surface area contributed by atoms with E-state index in [1.807, 2.05) is 0 Å². The molecule has 1 aliphatic rings. The molecule has 15 heavy (non-hydrogen) atoms. The number of hydrogen-bond acceptors (Lipinski definition) is 3.